The predicted octanol–water partition coefficient (Wildman–Crippen LogP) is 4.06. The van der Waals surface area contributed by atoms with Gasteiger partial charge in [0.2, 0.25) is 0 Å². The molecular weight excluding hydrogens is 229 g/mol. The van der Waals surface area contributed by atoms with E-state index >= 15 is 0 Å². The third-order valence-corrected chi connectivity index (χ3v) is 3.93. The van der Waals surface area contributed by atoms with Gasteiger partial charge in [0.15, 0.2) is 0 Å². The summed E-state index contributed by atoms with van der Waals surface area (Å²) < 4.78 is 19.4. The van der Waals surface area contributed by atoms with Crippen LogP contribution in [0.2, 0.25) is 0 Å². The molecule has 0 amide bonds. The lowest BCUT2D eigenvalue weighted by Crippen LogP contribution is -2.30. The first kappa shape index (κ1) is 13.2. The van der Waals surface area contributed by atoms with Crippen LogP contribution in [0.5, 0.6) is 5.75 Å². The Labute approximate surface area is 108 Å². The summed E-state index contributed by atoms with van der Waals surface area (Å²) in [4.78, 5) is 0. The SMILES string of the molecule is CCC1CCCCC1Oc1cc(C)c(F)cc1N. The van der Waals surface area contributed by atoms with Crippen molar-refractivity contribution < 1.29 is 9.13 Å². The van der Waals surface area contributed by atoms with Crippen molar-refractivity contribution in [3.63, 3.8) is 0 Å². The molecule has 1 fully saturated rings. The molecule has 2 unspecified atom stereocenters. The highest BCUT2D eigenvalue weighted by molar-refractivity contribution is 5.54. The Balaban J connectivity index is 2.15. The minimum atomic E-state index is -0.268. The number of halogens is 1. The van der Waals surface area contributed by atoms with Gasteiger partial charge in [-0.05, 0) is 50.2 Å². The smallest absolute Gasteiger partial charge is 0.143 e. The summed E-state index contributed by atoms with van der Waals surface area (Å²) in [7, 11) is 0. The fraction of sp³-hybridized carbons (Fsp3) is 0.600. The molecule has 0 aromatic heterocycles. The number of anilines is 1. The van der Waals surface area contributed by atoms with Gasteiger partial charge in [-0.1, -0.05) is 13.3 Å². The lowest BCUT2D eigenvalue weighted by Gasteiger charge is -2.31. The molecule has 1 aliphatic rings. The number of rotatable bonds is 3. The van der Waals surface area contributed by atoms with Crippen molar-refractivity contribution in [2.45, 2.75) is 52.1 Å². The predicted molar refractivity (Wildman–Crippen MR) is 72.2 cm³/mol. The highest BCUT2D eigenvalue weighted by atomic mass is 19.1. The number of hydrogen-bond acceptors (Lipinski definition) is 2. The van der Waals surface area contributed by atoms with E-state index in [9.17, 15) is 4.39 Å². The van der Waals surface area contributed by atoms with Gasteiger partial charge in [0.1, 0.15) is 17.7 Å². The van der Waals surface area contributed by atoms with Gasteiger partial charge in [0, 0.05) is 6.07 Å². The normalized spacial score (nSPS) is 23.9. The Bertz CT molecular complexity index is 419. The number of aryl methyl sites for hydroxylation is 1. The monoisotopic (exact) mass is 251 g/mol. The molecule has 2 nitrogen and oxygen atoms in total. The molecule has 1 saturated carbocycles. The molecule has 0 bridgehead atoms. The number of nitrogens with two attached hydrogens (primary N) is 1. The molecule has 18 heavy (non-hydrogen) atoms. The Morgan fingerprint density at radius 3 is 2.78 bits per heavy atom. The minimum Gasteiger partial charge on any atom is -0.488 e. The summed E-state index contributed by atoms with van der Waals surface area (Å²) in [6.07, 6.45) is 6.16. The van der Waals surface area contributed by atoms with Crippen LogP contribution in [0.4, 0.5) is 10.1 Å². The van der Waals surface area contributed by atoms with Crippen molar-refractivity contribution in [3.05, 3.63) is 23.5 Å². The molecule has 2 atom stereocenters. The first-order valence-electron chi connectivity index (χ1n) is 6.84. The summed E-state index contributed by atoms with van der Waals surface area (Å²) in [5.74, 6) is 0.971. The first-order chi connectivity index (χ1) is 8.61. The number of benzene rings is 1. The summed E-state index contributed by atoms with van der Waals surface area (Å²) in [5, 5.41) is 0. The van der Waals surface area contributed by atoms with E-state index in [1.54, 1.807) is 13.0 Å². The molecule has 1 aromatic rings. The molecule has 2 N–H and O–H groups in total. The van der Waals surface area contributed by atoms with E-state index < -0.39 is 0 Å². The van der Waals surface area contributed by atoms with E-state index in [2.05, 4.69) is 6.92 Å². The second-order valence-electron chi connectivity index (χ2n) is 5.25. The quantitative estimate of drug-likeness (QED) is 0.822. The summed E-state index contributed by atoms with van der Waals surface area (Å²) >= 11 is 0. The Kier molecular flexibility index (Phi) is 4.10. The standard InChI is InChI=1S/C15H22FNO/c1-3-11-6-4-5-7-14(11)18-15-8-10(2)12(16)9-13(15)17/h8-9,11,14H,3-7,17H2,1-2H3. The number of nitrogen functional groups attached to an aromatic ring is 1. The van der Waals surface area contributed by atoms with Crippen molar-refractivity contribution in [3.8, 4) is 5.75 Å². The largest absolute Gasteiger partial charge is 0.488 e. The first-order valence-corrected chi connectivity index (χ1v) is 6.84. The third kappa shape index (κ3) is 2.77. The minimum absolute atomic E-state index is 0.232. The Hall–Kier alpha value is -1.25. The fourth-order valence-corrected chi connectivity index (χ4v) is 2.73. The van der Waals surface area contributed by atoms with Crippen LogP contribution in [0.15, 0.2) is 12.1 Å². The number of ether oxygens (including phenoxy) is 1. The van der Waals surface area contributed by atoms with Crippen LogP contribution in [0.3, 0.4) is 0 Å². The topological polar surface area (TPSA) is 35.2 Å². The van der Waals surface area contributed by atoms with E-state index in [0.717, 1.165) is 12.8 Å². The van der Waals surface area contributed by atoms with Gasteiger partial charge in [0.05, 0.1) is 5.69 Å². The molecule has 1 aromatic carbocycles. The number of hydrogen-bond donors (Lipinski definition) is 1. The van der Waals surface area contributed by atoms with E-state index in [1.165, 1.54) is 25.3 Å². The van der Waals surface area contributed by atoms with Crippen molar-refractivity contribution in [1.82, 2.24) is 0 Å². The molecule has 0 saturated heterocycles. The van der Waals surface area contributed by atoms with Crippen LogP contribution >= 0.6 is 0 Å². The fourth-order valence-electron chi connectivity index (χ4n) is 2.73. The van der Waals surface area contributed by atoms with Crippen LogP contribution in [0.25, 0.3) is 0 Å². The summed E-state index contributed by atoms with van der Waals surface area (Å²) in [6.45, 7) is 3.94. The molecular formula is C15H22FNO. The van der Waals surface area contributed by atoms with Gasteiger partial charge in [-0.25, -0.2) is 4.39 Å². The van der Waals surface area contributed by atoms with Crippen molar-refractivity contribution in [1.29, 1.82) is 0 Å². The van der Waals surface area contributed by atoms with Crippen LogP contribution in [0.1, 0.15) is 44.6 Å². The third-order valence-electron chi connectivity index (χ3n) is 3.93. The van der Waals surface area contributed by atoms with Crippen LogP contribution in [-0.2, 0) is 0 Å². The van der Waals surface area contributed by atoms with E-state index in [-0.39, 0.29) is 11.9 Å². The van der Waals surface area contributed by atoms with Crippen molar-refractivity contribution in [2.24, 2.45) is 5.92 Å². The van der Waals surface area contributed by atoms with Crippen LogP contribution in [-0.4, -0.2) is 6.10 Å². The lowest BCUT2D eigenvalue weighted by molar-refractivity contribution is 0.0910. The van der Waals surface area contributed by atoms with Crippen LogP contribution < -0.4 is 10.5 Å². The maximum atomic E-state index is 13.3. The average Bonchev–Trinajstić information content (AvgIpc) is 2.36. The van der Waals surface area contributed by atoms with Gasteiger partial charge in [-0.2, -0.15) is 0 Å². The molecule has 0 aliphatic heterocycles. The van der Waals surface area contributed by atoms with E-state index in [0.29, 0.717) is 22.9 Å². The average molecular weight is 251 g/mol. The summed E-state index contributed by atoms with van der Waals surface area (Å²) in [6, 6.07) is 3.07. The van der Waals surface area contributed by atoms with E-state index in [4.69, 9.17) is 10.5 Å². The van der Waals surface area contributed by atoms with Gasteiger partial charge in [-0.3, -0.25) is 0 Å². The highest BCUT2D eigenvalue weighted by Crippen LogP contribution is 2.33. The molecule has 1 aliphatic carbocycles. The molecule has 0 spiro atoms. The molecule has 0 radical (unpaired) electrons. The van der Waals surface area contributed by atoms with Crippen molar-refractivity contribution >= 4 is 5.69 Å². The van der Waals surface area contributed by atoms with Gasteiger partial charge in [-0.15, -0.1) is 0 Å². The maximum Gasteiger partial charge on any atom is 0.143 e. The zero-order valence-electron chi connectivity index (χ0n) is 11.2. The zero-order chi connectivity index (χ0) is 13.1. The Morgan fingerprint density at radius 1 is 1.33 bits per heavy atom. The van der Waals surface area contributed by atoms with Crippen LogP contribution in [0, 0.1) is 18.7 Å². The Morgan fingerprint density at radius 2 is 2.06 bits per heavy atom. The highest BCUT2D eigenvalue weighted by Gasteiger charge is 2.25. The molecule has 0 heterocycles. The second kappa shape index (κ2) is 5.59. The molecule has 3 heteroatoms. The van der Waals surface area contributed by atoms with Gasteiger partial charge < -0.3 is 10.5 Å². The molecule has 2 rings (SSSR count). The lowest BCUT2D eigenvalue weighted by atomic mass is 9.85. The van der Waals surface area contributed by atoms with Gasteiger partial charge in [0.25, 0.3) is 0 Å². The second-order valence-corrected chi connectivity index (χ2v) is 5.25. The molecule has 100 valence electrons. The summed E-state index contributed by atoms with van der Waals surface area (Å²) in [5.41, 5.74) is 6.82. The van der Waals surface area contributed by atoms with E-state index in [1.807, 2.05) is 0 Å². The van der Waals surface area contributed by atoms with Crippen molar-refractivity contribution in [2.75, 3.05) is 5.73 Å². The zero-order valence-corrected chi connectivity index (χ0v) is 11.2. The van der Waals surface area contributed by atoms with Gasteiger partial charge >= 0.3 is 0 Å². The maximum absolute atomic E-state index is 13.3.